The normalized spacial score (nSPS) is 9.60. The SMILES string of the molecule is COc1ccc(Oc2cccc(C#N)n2)cc1[N+](=O)[O-]. The predicted molar refractivity (Wildman–Crippen MR) is 68.7 cm³/mol. The van der Waals surface area contributed by atoms with Gasteiger partial charge in [-0.2, -0.15) is 5.26 Å². The van der Waals surface area contributed by atoms with E-state index in [-0.39, 0.29) is 28.8 Å². The first-order valence-electron chi connectivity index (χ1n) is 5.51. The molecule has 0 fully saturated rings. The van der Waals surface area contributed by atoms with Crippen LogP contribution in [0.25, 0.3) is 0 Å². The summed E-state index contributed by atoms with van der Waals surface area (Å²) in [6.45, 7) is 0. The third-order valence-corrected chi connectivity index (χ3v) is 2.41. The molecule has 1 heterocycles. The minimum Gasteiger partial charge on any atom is -0.490 e. The Bertz CT molecular complexity index is 694. The van der Waals surface area contributed by atoms with Crippen LogP contribution in [-0.2, 0) is 0 Å². The van der Waals surface area contributed by atoms with Crippen LogP contribution >= 0.6 is 0 Å². The quantitative estimate of drug-likeness (QED) is 0.626. The van der Waals surface area contributed by atoms with Crippen LogP contribution in [-0.4, -0.2) is 17.0 Å². The molecular weight excluding hydrogens is 262 g/mol. The van der Waals surface area contributed by atoms with Gasteiger partial charge in [0.05, 0.1) is 18.1 Å². The number of nitrogens with zero attached hydrogens (tertiary/aromatic N) is 3. The third-order valence-electron chi connectivity index (χ3n) is 2.41. The largest absolute Gasteiger partial charge is 0.490 e. The lowest BCUT2D eigenvalue weighted by Crippen LogP contribution is -1.95. The van der Waals surface area contributed by atoms with E-state index in [1.807, 2.05) is 6.07 Å². The molecule has 0 N–H and O–H groups in total. The number of methoxy groups -OCH3 is 1. The monoisotopic (exact) mass is 271 g/mol. The summed E-state index contributed by atoms with van der Waals surface area (Å²) in [4.78, 5) is 14.3. The Hall–Kier alpha value is -3.14. The highest BCUT2D eigenvalue weighted by Gasteiger charge is 2.16. The van der Waals surface area contributed by atoms with E-state index < -0.39 is 4.92 Å². The fourth-order valence-electron chi connectivity index (χ4n) is 1.53. The van der Waals surface area contributed by atoms with Gasteiger partial charge >= 0.3 is 5.69 Å². The Morgan fingerprint density at radius 2 is 2.15 bits per heavy atom. The van der Waals surface area contributed by atoms with Crippen molar-refractivity contribution in [3.63, 3.8) is 0 Å². The Morgan fingerprint density at radius 1 is 1.35 bits per heavy atom. The van der Waals surface area contributed by atoms with Gasteiger partial charge in [0, 0.05) is 6.07 Å². The van der Waals surface area contributed by atoms with Gasteiger partial charge < -0.3 is 9.47 Å². The van der Waals surface area contributed by atoms with Crippen LogP contribution in [0.15, 0.2) is 36.4 Å². The summed E-state index contributed by atoms with van der Waals surface area (Å²) in [7, 11) is 1.35. The molecule has 0 aliphatic carbocycles. The maximum absolute atomic E-state index is 10.9. The molecule has 0 spiro atoms. The van der Waals surface area contributed by atoms with Crippen molar-refractivity contribution in [2.75, 3.05) is 7.11 Å². The van der Waals surface area contributed by atoms with E-state index in [9.17, 15) is 10.1 Å². The van der Waals surface area contributed by atoms with Crippen LogP contribution in [0.4, 0.5) is 5.69 Å². The highest BCUT2D eigenvalue weighted by atomic mass is 16.6. The van der Waals surface area contributed by atoms with Gasteiger partial charge in [0.25, 0.3) is 0 Å². The van der Waals surface area contributed by atoms with Crippen molar-refractivity contribution in [1.82, 2.24) is 4.98 Å². The van der Waals surface area contributed by atoms with E-state index in [4.69, 9.17) is 14.7 Å². The zero-order valence-corrected chi connectivity index (χ0v) is 10.4. The molecule has 100 valence electrons. The summed E-state index contributed by atoms with van der Waals surface area (Å²) >= 11 is 0. The van der Waals surface area contributed by atoms with E-state index in [0.29, 0.717) is 0 Å². The van der Waals surface area contributed by atoms with E-state index in [0.717, 1.165) is 0 Å². The first-order valence-corrected chi connectivity index (χ1v) is 5.51. The molecular formula is C13H9N3O4. The van der Waals surface area contributed by atoms with E-state index in [1.165, 1.54) is 31.4 Å². The average Bonchev–Trinajstić information content (AvgIpc) is 2.47. The van der Waals surface area contributed by atoms with Crippen LogP contribution in [0.3, 0.4) is 0 Å². The first kappa shape index (κ1) is 13.3. The second-order valence-corrected chi connectivity index (χ2v) is 3.67. The average molecular weight is 271 g/mol. The van der Waals surface area contributed by atoms with Crippen molar-refractivity contribution in [1.29, 1.82) is 5.26 Å². The third kappa shape index (κ3) is 2.81. The van der Waals surface area contributed by atoms with Crippen LogP contribution in [0, 0.1) is 21.4 Å². The summed E-state index contributed by atoms with van der Waals surface area (Å²) in [6.07, 6.45) is 0. The van der Waals surface area contributed by atoms with Gasteiger partial charge in [0.15, 0.2) is 5.75 Å². The van der Waals surface area contributed by atoms with Gasteiger partial charge in [-0.15, -0.1) is 0 Å². The number of hydrogen-bond donors (Lipinski definition) is 0. The molecule has 2 aromatic rings. The number of pyridine rings is 1. The van der Waals surface area contributed by atoms with Crippen LogP contribution < -0.4 is 9.47 Å². The summed E-state index contributed by atoms with van der Waals surface area (Å²) < 4.78 is 10.3. The van der Waals surface area contributed by atoms with Crippen molar-refractivity contribution in [3.8, 4) is 23.4 Å². The maximum Gasteiger partial charge on any atom is 0.314 e. The Balaban J connectivity index is 2.32. The van der Waals surface area contributed by atoms with Gasteiger partial charge in [0.2, 0.25) is 5.88 Å². The number of nitriles is 1. The molecule has 0 unspecified atom stereocenters. The lowest BCUT2D eigenvalue weighted by molar-refractivity contribution is -0.385. The number of benzene rings is 1. The van der Waals surface area contributed by atoms with Gasteiger partial charge in [-0.05, 0) is 18.2 Å². The van der Waals surface area contributed by atoms with Gasteiger partial charge in [0.1, 0.15) is 17.5 Å². The standard InChI is InChI=1S/C13H9N3O4/c1-19-12-6-5-10(7-11(12)16(17)18)20-13-4-2-3-9(8-14)15-13/h2-7H,1H3. The summed E-state index contributed by atoms with van der Waals surface area (Å²) in [5.74, 6) is 0.560. The number of hydrogen-bond acceptors (Lipinski definition) is 6. The second kappa shape index (κ2) is 5.67. The Morgan fingerprint density at radius 3 is 2.80 bits per heavy atom. The molecule has 7 heteroatoms. The molecule has 1 aromatic carbocycles. The van der Waals surface area contributed by atoms with Gasteiger partial charge in [-0.1, -0.05) is 6.07 Å². The molecule has 2 rings (SSSR count). The fraction of sp³-hybridized carbons (Fsp3) is 0.0769. The van der Waals surface area contributed by atoms with Crippen molar-refractivity contribution < 1.29 is 14.4 Å². The van der Waals surface area contributed by atoms with Crippen LogP contribution in [0.5, 0.6) is 17.4 Å². The van der Waals surface area contributed by atoms with Crippen LogP contribution in [0.1, 0.15) is 5.69 Å². The zero-order chi connectivity index (χ0) is 14.5. The minimum atomic E-state index is -0.565. The van der Waals surface area contributed by atoms with E-state index in [2.05, 4.69) is 4.98 Å². The smallest absolute Gasteiger partial charge is 0.314 e. The zero-order valence-electron chi connectivity index (χ0n) is 10.4. The lowest BCUT2D eigenvalue weighted by Gasteiger charge is -2.06. The minimum absolute atomic E-state index is 0.140. The summed E-state index contributed by atoms with van der Waals surface area (Å²) in [6, 6.07) is 10.8. The highest BCUT2D eigenvalue weighted by molar-refractivity contribution is 5.51. The lowest BCUT2D eigenvalue weighted by atomic mass is 10.3. The summed E-state index contributed by atoms with van der Waals surface area (Å²) in [5.41, 5.74) is -0.00745. The summed E-state index contributed by atoms with van der Waals surface area (Å²) in [5, 5.41) is 19.6. The molecule has 0 aliphatic heterocycles. The number of aromatic nitrogens is 1. The molecule has 0 atom stereocenters. The van der Waals surface area contributed by atoms with Crippen molar-refractivity contribution >= 4 is 5.69 Å². The van der Waals surface area contributed by atoms with Crippen molar-refractivity contribution in [2.45, 2.75) is 0 Å². The molecule has 0 radical (unpaired) electrons. The molecule has 0 aliphatic rings. The molecule has 0 saturated carbocycles. The molecule has 0 bridgehead atoms. The second-order valence-electron chi connectivity index (χ2n) is 3.67. The van der Waals surface area contributed by atoms with Crippen molar-refractivity contribution in [2.24, 2.45) is 0 Å². The number of ether oxygens (including phenoxy) is 2. The van der Waals surface area contributed by atoms with E-state index in [1.54, 1.807) is 12.1 Å². The van der Waals surface area contributed by atoms with Crippen molar-refractivity contribution in [3.05, 3.63) is 52.2 Å². The first-order chi connectivity index (χ1) is 9.63. The molecule has 1 aromatic heterocycles. The van der Waals surface area contributed by atoms with Gasteiger partial charge in [-0.25, -0.2) is 4.98 Å². The maximum atomic E-state index is 10.9. The fourth-order valence-corrected chi connectivity index (χ4v) is 1.53. The van der Waals surface area contributed by atoms with Crippen LogP contribution in [0.2, 0.25) is 0 Å². The Kier molecular flexibility index (Phi) is 3.77. The molecule has 0 saturated heterocycles. The number of rotatable bonds is 4. The number of nitro benzene ring substituents is 1. The molecule has 20 heavy (non-hydrogen) atoms. The Labute approximate surface area is 114 Å². The molecule has 0 amide bonds. The highest BCUT2D eigenvalue weighted by Crippen LogP contribution is 2.32. The van der Waals surface area contributed by atoms with E-state index >= 15 is 0 Å². The molecule has 7 nitrogen and oxygen atoms in total. The topological polar surface area (TPSA) is 98.3 Å². The number of nitro groups is 1. The predicted octanol–water partition coefficient (Wildman–Crippen LogP) is 2.66. The van der Waals surface area contributed by atoms with Gasteiger partial charge in [-0.3, -0.25) is 10.1 Å².